The number of sulfonamides is 1. The van der Waals surface area contributed by atoms with Crippen molar-refractivity contribution >= 4 is 27.9 Å². The average molecular weight is 486 g/mol. The Kier molecular flexibility index (Phi) is 7.51. The fraction of sp³-hybridized carbons (Fsp3) is 0.240. The van der Waals surface area contributed by atoms with Crippen molar-refractivity contribution in [3.05, 3.63) is 82.4 Å². The second-order valence-electron chi connectivity index (χ2n) is 7.75. The van der Waals surface area contributed by atoms with Crippen molar-refractivity contribution in [3.8, 4) is 11.5 Å². The summed E-state index contributed by atoms with van der Waals surface area (Å²) in [4.78, 5) is 12.2. The fourth-order valence-corrected chi connectivity index (χ4v) is 5.90. The molecular weight excluding hydrogens is 458 g/mol. The summed E-state index contributed by atoms with van der Waals surface area (Å²) in [5.74, 6) is 0.233. The van der Waals surface area contributed by atoms with Gasteiger partial charge in [-0.2, -0.15) is 0 Å². The lowest BCUT2D eigenvalue weighted by Crippen LogP contribution is -2.25. The van der Waals surface area contributed by atoms with Crippen molar-refractivity contribution in [1.82, 2.24) is 3.71 Å². The summed E-state index contributed by atoms with van der Waals surface area (Å²) in [6, 6.07) is 15.8. The van der Waals surface area contributed by atoms with Crippen LogP contribution < -0.4 is 4.74 Å². The van der Waals surface area contributed by atoms with Crippen LogP contribution in [0.4, 0.5) is 0 Å². The molecule has 6 nitrogen and oxygen atoms in total. The molecule has 0 unspecified atom stereocenters. The number of hydrogen-bond donors (Lipinski definition) is 1. The van der Waals surface area contributed by atoms with Gasteiger partial charge in [-0.1, -0.05) is 13.0 Å². The molecule has 0 aliphatic rings. The fourth-order valence-electron chi connectivity index (χ4n) is 3.20. The SMILES string of the molecule is CCN(Sc1ccc(Oc2ccc(C)c(C)c2)cc1)S(=O)(=O)c1cc(C)c(C)c(C(=O)O)c1. The lowest BCUT2D eigenvalue weighted by Gasteiger charge is -2.20. The third-order valence-electron chi connectivity index (χ3n) is 5.44. The summed E-state index contributed by atoms with van der Waals surface area (Å²) >= 11 is 1.08. The summed E-state index contributed by atoms with van der Waals surface area (Å²) in [7, 11) is -3.91. The van der Waals surface area contributed by atoms with Gasteiger partial charge in [0.05, 0.1) is 10.5 Å². The molecule has 0 atom stereocenters. The van der Waals surface area contributed by atoms with Crippen LogP contribution >= 0.6 is 11.9 Å². The molecule has 0 amide bonds. The first kappa shape index (κ1) is 24.8. The van der Waals surface area contributed by atoms with E-state index in [0.29, 0.717) is 16.9 Å². The Hall–Kier alpha value is -2.81. The minimum absolute atomic E-state index is 0.0116. The predicted molar refractivity (Wildman–Crippen MR) is 131 cm³/mol. The monoisotopic (exact) mass is 485 g/mol. The minimum Gasteiger partial charge on any atom is -0.478 e. The first-order valence-corrected chi connectivity index (χ1v) is 12.6. The van der Waals surface area contributed by atoms with Crippen LogP contribution in [0.1, 0.15) is 39.5 Å². The van der Waals surface area contributed by atoms with E-state index in [1.54, 1.807) is 45.0 Å². The van der Waals surface area contributed by atoms with E-state index < -0.39 is 16.0 Å². The van der Waals surface area contributed by atoms with Crippen LogP contribution in [0, 0.1) is 27.7 Å². The van der Waals surface area contributed by atoms with Gasteiger partial charge in [0.25, 0.3) is 10.0 Å². The topological polar surface area (TPSA) is 83.9 Å². The molecule has 33 heavy (non-hydrogen) atoms. The van der Waals surface area contributed by atoms with Crippen LogP contribution in [0.5, 0.6) is 11.5 Å². The zero-order valence-corrected chi connectivity index (χ0v) is 20.9. The molecule has 0 heterocycles. The molecule has 0 radical (unpaired) electrons. The Morgan fingerprint density at radius 3 is 2.12 bits per heavy atom. The van der Waals surface area contributed by atoms with Crippen LogP contribution in [0.15, 0.2) is 64.4 Å². The summed E-state index contributed by atoms with van der Waals surface area (Å²) in [6.45, 7) is 9.39. The lowest BCUT2D eigenvalue weighted by molar-refractivity contribution is 0.0695. The first-order valence-electron chi connectivity index (χ1n) is 10.4. The normalized spacial score (nSPS) is 11.6. The molecule has 0 fully saturated rings. The molecule has 0 aromatic heterocycles. The van der Waals surface area contributed by atoms with Gasteiger partial charge in [-0.3, -0.25) is 0 Å². The second-order valence-corrected chi connectivity index (χ2v) is 10.9. The number of ether oxygens (including phenoxy) is 1. The lowest BCUT2D eigenvalue weighted by atomic mass is 10.0. The van der Waals surface area contributed by atoms with Crippen molar-refractivity contribution in [2.75, 3.05) is 6.54 Å². The highest BCUT2D eigenvalue weighted by Crippen LogP contribution is 2.32. The van der Waals surface area contributed by atoms with Gasteiger partial charge < -0.3 is 9.84 Å². The van der Waals surface area contributed by atoms with Gasteiger partial charge in [0, 0.05) is 11.4 Å². The largest absolute Gasteiger partial charge is 0.478 e. The van der Waals surface area contributed by atoms with Gasteiger partial charge in [-0.25, -0.2) is 13.2 Å². The molecule has 0 saturated carbocycles. The van der Waals surface area contributed by atoms with Crippen LogP contribution in [0.2, 0.25) is 0 Å². The number of aromatic carboxylic acids is 1. The average Bonchev–Trinajstić information content (AvgIpc) is 2.77. The van der Waals surface area contributed by atoms with E-state index in [0.717, 1.165) is 28.2 Å². The third kappa shape index (κ3) is 5.58. The van der Waals surface area contributed by atoms with Crippen molar-refractivity contribution in [2.45, 2.75) is 44.4 Å². The maximum absolute atomic E-state index is 13.3. The van der Waals surface area contributed by atoms with Crippen molar-refractivity contribution in [1.29, 1.82) is 0 Å². The standard InChI is InChI=1S/C25H27NO5S2/c1-6-26(33(29,30)23-14-18(4)19(5)24(15-23)25(27)28)32-22-11-9-20(10-12-22)31-21-8-7-16(2)17(3)13-21/h7-15H,6H2,1-5H3,(H,27,28). The van der Waals surface area contributed by atoms with Gasteiger partial charge in [-0.05, 0) is 110 Å². The van der Waals surface area contributed by atoms with Crippen LogP contribution in [0.3, 0.4) is 0 Å². The number of aryl methyl sites for hydroxylation is 3. The molecule has 174 valence electrons. The van der Waals surface area contributed by atoms with E-state index >= 15 is 0 Å². The Labute approximate surface area is 199 Å². The molecule has 0 bridgehead atoms. The van der Waals surface area contributed by atoms with Crippen molar-refractivity contribution in [3.63, 3.8) is 0 Å². The molecule has 3 aromatic rings. The Bertz CT molecular complexity index is 1280. The summed E-state index contributed by atoms with van der Waals surface area (Å²) in [5.41, 5.74) is 3.48. The van der Waals surface area contributed by atoms with Gasteiger partial charge >= 0.3 is 5.97 Å². The second kappa shape index (κ2) is 9.99. The highest BCUT2D eigenvalue weighted by Gasteiger charge is 2.27. The van der Waals surface area contributed by atoms with E-state index in [1.165, 1.54) is 21.4 Å². The molecule has 8 heteroatoms. The Morgan fingerprint density at radius 1 is 0.909 bits per heavy atom. The van der Waals surface area contributed by atoms with Crippen LogP contribution in [-0.2, 0) is 10.0 Å². The van der Waals surface area contributed by atoms with E-state index in [-0.39, 0.29) is 17.0 Å². The van der Waals surface area contributed by atoms with E-state index in [4.69, 9.17) is 4.74 Å². The maximum atomic E-state index is 13.3. The zero-order chi connectivity index (χ0) is 24.3. The molecular formula is C25H27NO5S2. The van der Waals surface area contributed by atoms with Crippen molar-refractivity contribution in [2.24, 2.45) is 0 Å². The minimum atomic E-state index is -3.91. The van der Waals surface area contributed by atoms with Gasteiger partial charge in [0.2, 0.25) is 0 Å². The molecule has 3 aromatic carbocycles. The van der Waals surface area contributed by atoms with E-state index in [1.807, 2.05) is 32.0 Å². The molecule has 0 saturated heterocycles. The number of benzene rings is 3. The molecule has 3 rings (SSSR count). The van der Waals surface area contributed by atoms with Crippen LogP contribution in [-0.4, -0.2) is 29.7 Å². The zero-order valence-electron chi connectivity index (χ0n) is 19.2. The highest BCUT2D eigenvalue weighted by molar-refractivity contribution is 8.08. The van der Waals surface area contributed by atoms with Gasteiger partial charge in [0.15, 0.2) is 0 Å². The smallest absolute Gasteiger partial charge is 0.336 e. The molecule has 0 aliphatic heterocycles. The van der Waals surface area contributed by atoms with Crippen molar-refractivity contribution < 1.29 is 23.1 Å². The molecule has 0 spiro atoms. The number of carboxylic acids is 1. The maximum Gasteiger partial charge on any atom is 0.336 e. The summed E-state index contributed by atoms with van der Waals surface area (Å²) < 4.78 is 33.7. The Morgan fingerprint density at radius 2 is 1.55 bits per heavy atom. The molecule has 1 N–H and O–H groups in total. The van der Waals surface area contributed by atoms with E-state index in [2.05, 4.69) is 0 Å². The predicted octanol–water partition coefficient (Wildman–Crippen LogP) is 6.13. The van der Waals surface area contributed by atoms with E-state index in [9.17, 15) is 18.3 Å². The Balaban J connectivity index is 1.81. The number of carboxylic acid groups (broad SMARTS) is 1. The van der Waals surface area contributed by atoms with Gasteiger partial charge in [-0.15, -0.1) is 3.71 Å². The number of rotatable bonds is 8. The molecule has 0 aliphatic carbocycles. The van der Waals surface area contributed by atoms with Gasteiger partial charge in [0.1, 0.15) is 11.5 Å². The summed E-state index contributed by atoms with van der Waals surface area (Å²) in [5, 5.41) is 9.45. The number of hydrogen-bond acceptors (Lipinski definition) is 5. The first-order chi connectivity index (χ1) is 15.5. The number of carbonyl (C=O) groups is 1. The number of nitrogens with zero attached hydrogens (tertiary/aromatic N) is 1. The summed E-state index contributed by atoms with van der Waals surface area (Å²) in [6.07, 6.45) is 0. The highest BCUT2D eigenvalue weighted by atomic mass is 32.3. The quantitative estimate of drug-likeness (QED) is 0.387. The third-order valence-corrected chi connectivity index (χ3v) is 8.82. The van der Waals surface area contributed by atoms with Crippen LogP contribution in [0.25, 0.3) is 0 Å².